The molecule has 2 N–H and O–H groups in total. The van der Waals surface area contributed by atoms with Crippen LogP contribution in [0.5, 0.6) is 0 Å². The Morgan fingerprint density at radius 3 is 3.00 bits per heavy atom. The van der Waals surface area contributed by atoms with Gasteiger partial charge in [-0.05, 0) is 42.5 Å². The number of rotatable bonds is 0. The summed E-state index contributed by atoms with van der Waals surface area (Å²) in [7, 11) is 0. The minimum Gasteiger partial charge on any atom is -0.327 e. The molecule has 0 aliphatic heterocycles. The molecule has 1 aliphatic rings. The summed E-state index contributed by atoms with van der Waals surface area (Å²) in [5.41, 5.74) is 8.72. The van der Waals surface area contributed by atoms with E-state index in [0.717, 1.165) is 24.2 Å². The molecule has 1 aromatic rings. The van der Waals surface area contributed by atoms with E-state index in [1.807, 2.05) is 0 Å². The molecule has 0 unspecified atom stereocenters. The van der Waals surface area contributed by atoms with Gasteiger partial charge in [-0.15, -0.1) is 12.6 Å². The van der Waals surface area contributed by atoms with Crippen LogP contribution in [0.15, 0.2) is 23.1 Å². The van der Waals surface area contributed by atoms with E-state index in [2.05, 4.69) is 30.8 Å². The van der Waals surface area contributed by atoms with E-state index in [4.69, 9.17) is 5.73 Å². The zero-order valence-electron chi connectivity index (χ0n) is 6.96. The van der Waals surface area contributed by atoms with Crippen molar-refractivity contribution >= 4 is 12.6 Å². The van der Waals surface area contributed by atoms with Crippen LogP contribution in [0.2, 0.25) is 0 Å². The van der Waals surface area contributed by atoms with Crippen molar-refractivity contribution in [1.82, 2.24) is 0 Å². The molecular weight excluding hydrogens is 166 g/mol. The summed E-state index contributed by atoms with van der Waals surface area (Å²) < 4.78 is 0. The van der Waals surface area contributed by atoms with Gasteiger partial charge >= 0.3 is 0 Å². The largest absolute Gasteiger partial charge is 0.327 e. The van der Waals surface area contributed by atoms with Crippen molar-refractivity contribution in [3.8, 4) is 0 Å². The smallest absolute Gasteiger partial charge is 0.00825 e. The second-order valence-corrected chi connectivity index (χ2v) is 3.97. The Labute approximate surface area is 78.4 Å². The first-order valence-corrected chi connectivity index (χ1v) is 4.77. The normalized spacial score (nSPS) is 22.0. The highest BCUT2D eigenvalue weighted by atomic mass is 32.1. The zero-order valence-corrected chi connectivity index (χ0v) is 7.85. The number of hydrogen-bond acceptors (Lipinski definition) is 2. The summed E-state index contributed by atoms with van der Waals surface area (Å²) in [4.78, 5) is 1.04. The lowest BCUT2D eigenvalue weighted by Gasteiger charge is -2.21. The van der Waals surface area contributed by atoms with Crippen LogP contribution in [-0.2, 0) is 12.8 Å². The number of thiol groups is 1. The summed E-state index contributed by atoms with van der Waals surface area (Å²) in [6.07, 6.45) is 3.27. The molecule has 0 aromatic heterocycles. The summed E-state index contributed by atoms with van der Waals surface area (Å²) in [5.74, 6) is 0. The van der Waals surface area contributed by atoms with Crippen LogP contribution in [0.25, 0.3) is 0 Å². The highest BCUT2D eigenvalue weighted by molar-refractivity contribution is 7.80. The van der Waals surface area contributed by atoms with Gasteiger partial charge in [-0.3, -0.25) is 0 Å². The molecule has 2 rings (SSSR count). The van der Waals surface area contributed by atoms with Crippen molar-refractivity contribution in [1.29, 1.82) is 0 Å². The van der Waals surface area contributed by atoms with E-state index in [9.17, 15) is 0 Å². The van der Waals surface area contributed by atoms with Gasteiger partial charge in [0.05, 0.1) is 0 Å². The molecule has 0 fully saturated rings. The van der Waals surface area contributed by atoms with Crippen molar-refractivity contribution in [2.24, 2.45) is 5.73 Å². The summed E-state index contributed by atoms with van der Waals surface area (Å²) in [5, 5.41) is 0. The van der Waals surface area contributed by atoms with Crippen LogP contribution in [0, 0.1) is 0 Å². The van der Waals surface area contributed by atoms with Crippen LogP contribution in [0.3, 0.4) is 0 Å². The van der Waals surface area contributed by atoms with Crippen molar-refractivity contribution < 1.29 is 0 Å². The maximum Gasteiger partial charge on any atom is 0.00825 e. The number of aryl methyl sites for hydroxylation is 1. The van der Waals surface area contributed by atoms with Crippen LogP contribution in [0.4, 0.5) is 0 Å². The van der Waals surface area contributed by atoms with E-state index in [-0.39, 0.29) is 0 Å². The topological polar surface area (TPSA) is 26.0 Å². The Hall–Kier alpha value is -0.470. The van der Waals surface area contributed by atoms with Crippen LogP contribution >= 0.6 is 12.6 Å². The predicted octanol–water partition coefficient (Wildman–Crippen LogP) is 1.79. The monoisotopic (exact) mass is 179 g/mol. The van der Waals surface area contributed by atoms with Gasteiger partial charge in [-0.1, -0.05) is 6.07 Å². The van der Waals surface area contributed by atoms with Gasteiger partial charge in [-0.2, -0.15) is 0 Å². The van der Waals surface area contributed by atoms with Gasteiger partial charge in [0.2, 0.25) is 0 Å². The Morgan fingerprint density at radius 1 is 1.33 bits per heavy atom. The fourth-order valence-electron chi connectivity index (χ4n) is 1.77. The second-order valence-electron chi connectivity index (χ2n) is 3.46. The maximum absolute atomic E-state index is 5.87. The van der Waals surface area contributed by atoms with Crippen molar-refractivity contribution in [2.75, 3.05) is 0 Å². The number of nitrogens with two attached hydrogens (primary N) is 1. The van der Waals surface area contributed by atoms with Crippen LogP contribution in [0.1, 0.15) is 17.5 Å². The average Bonchev–Trinajstić information content (AvgIpc) is 2.03. The van der Waals surface area contributed by atoms with Gasteiger partial charge in [0.25, 0.3) is 0 Å². The number of benzene rings is 1. The minimum absolute atomic E-state index is 0.354. The van der Waals surface area contributed by atoms with Gasteiger partial charge in [0.1, 0.15) is 0 Å². The summed E-state index contributed by atoms with van der Waals surface area (Å²) in [6.45, 7) is 0. The van der Waals surface area contributed by atoms with E-state index < -0.39 is 0 Å². The minimum atomic E-state index is 0.354. The SMILES string of the molecule is N[C@@H]1CCc2ccc(S)cc2C1. The van der Waals surface area contributed by atoms with Gasteiger partial charge < -0.3 is 5.73 Å². The second kappa shape index (κ2) is 3.11. The maximum atomic E-state index is 5.87. The quantitative estimate of drug-likeness (QED) is 0.583. The number of hydrogen-bond donors (Lipinski definition) is 2. The van der Waals surface area contributed by atoms with Gasteiger partial charge in [-0.25, -0.2) is 0 Å². The van der Waals surface area contributed by atoms with E-state index in [1.165, 1.54) is 11.1 Å². The Morgan fingerprint density at radius 2 is 2.17 bits per heavy atom. The van der Waals surface area contributed by atoms with E-state index in [0.29, 0.717) is 6.04 Å². The predicted molar refractivity (Wildman–Crippen MR) is 53.7 cm³/mol. The molecule has 0 spiro atoms. The number of fused-ring (bicyclic) bond motifs is 1. The molecule has 0 saturated heterocycles. The molecule has 1 aromatic carbocycles. The first-order chi connectivity index (χ1) is 5.75. The van der Waals surface area contributed by atoms with Crippen molar-refractivity contribution in [2.45, 2.75) is 30.2 Å². The summed E-state index contributed by atoms with van der Waals surface area (Å²) in [6, 6.07) is 6.72. The molecule has 1 aliphatic carbocycles. The highest BCUT2D eigenvalue weighted by Crippen LogP contribution is 2.22. The molecule has 0 heterocycles. The Balaban J connectivity index is 2.37. The molecule has 0 radical (unpaired) electrons. The van der Waals surface area contributed by atoms with Crippen LogP contribution < -0.4 is 5.73 Å². The van der Waals surface area contributed by atoms with Crippen molar-refractivity contribution in [3.63, 3.8) is 0 Å². The molecular formula is C10H13NS. The molecule has 1 nitrogen and oxygen atoms in total. The molecule has 12 heavy (non-hydrogen) atoms. The fourth-order valence-corrected chi connectivity index (χ4v) is 2.00. The lowest BCUT2D eigenvalue weighted by Crippen LogP contribution is -2.27. The van der Waals surface area contributed by atoms with Gasteiger partial charge in [0, 0.05) is 10.9 Å². The summed E-state index contributed by atoms with van der Waals surface area (Å²) >= 11 is 4.31. The van der Waals surface area contributed by atoms with Crippen molar-refractivity contribution in [3.05, 3.63) is 29.3 Å². The molecule has 0 amide bonds. The molecule has 0 bridgehead atoms. The molecule has 64 valence electrons. The first kappa shape index (κ1) is 8.14. The van der Waals surface area contributed by atoms with Crippen LogP contribution in [-0.4, -0.2) is 6.04 Å². The highest BCUT2D eigenvalue weighted by Gasteiger charge is 2.14. The first-order valence-electron chi connectivity index (χ1n) is 4.32. The third-order valence-electron chi connectivity index (χ3n) is 2.46. The standard InChI is InChI=1S/C10H13NS/c11-9-3-1-7-2-4-10(12)6-8(7)5-9/h2,4,6,9,12H,1,3,5,11H2/t9-/m1/s1. The third kappa shape index (κ3) is 1.50. The lowest BCUT2D eigenvalue weighted by molar-refractivity contribution is 0.575. The lowest BCUT2D eigenvalue weighted by atomic mass is 9.89. The zero-order chi connectivity index (χ0) is 8.55. The Bertz CT molecular complexity index is 296. The third-order valence-corrected chi connectivity index (χ3v) is 2.73. The molecule has 1 atom stereocenters. The van der Waals surface area contributed by atoms with E-state index >= 15 is 0 Å². The molecule has 0 saturated carbocycles. The Kier molecular flexibility index (Phi) is 2.11. The van der Waals surface area contributed by atoms with E-state index in [1.54, 1.807) is 0 Å². The van der Waals surface area contributed by atoms with Gasteiger partial charge in [0.15, 0.2) is 0 Å². The molecule has 2 heteroatoms. The fraction of sp³-hybridized carbons (Fsp3) is 0.400. The average molecular weight is 179 g/mol.